The smallest absolute Gasteiger partial charge is 0.356 e. The van der Waals surface area contributed by atoms with Crippen molar-refractivity contribution in [2.75, 3.05) is 59.3 Å². The molecule has 2 fully saturated rings. The van der Waals surface area contributed by atoms with Crippen LogP contribution < -0.4 is 20.0 Å². The van der Waals surface area contributed by atoms with Crippen molar-refractivity contribution in [3.8, 4) is 0 Å². The van der Waals surface area contributed by atoms with Gasteiger partial charge < -0.3 is 20.0 Å². The van der Waals surface area contributed by atoms with Gasteiger partial charge in [0.25, 0.3) is 0 Å². The minimum absolute atomic E-state index is 0.0194. The Balaban J connectivity index is 1.37. The van der Waals surface area contributed by atoms with E-state index in [9.17, 15) is 13.2 Å². The summed E-state index contributed by atoms with van der Waals surface area (Å²) in [5, 5.41) is 3.37. The monoisotopic (exact) mass is 483 g/mol. The fourth-order valence-corrected chi connectivity index (χ4v) is 4.57. The maximum Gasteiger partial charge on any atom is 0.419 e. The molecule has 184 valence electrons. The average Bonchev–Trinajstić information content (AvgIpc) is 2.89. The van der Waals surface area contributed by atoms with Crippen LogP contribution in [-0.2, 0) is 6.18 Å². The fraction of sp³-hybridized carbons (Fsp3) is 0.400. The highest BCUT2D eigenvalue weighted by molar-refractivity contribution is 5.62. The van der Waals surface area contributed by atoms with Gasteiger partial charge in [-0.1, -0.05) is 18.2 Å². The summed E-state index contributed by atoms with van der Waals surface area (Å²) in [6, 6.07) is 14.2. The van der Waals surface area contributed by atoms with Gasteiger partial charge in [-0.2, -0.15) is 23.1 Å². The second-order valence-corrected chi connectivity index (χ2v) is 8.80. The number of benzene rings is 1. The molecular formula is C25H28F3N7. The van der Waals surface area contributed by atoms with Crippen LogP contribution in [0.1, 0.15) is 24.8 Å². The molecule has 10 heteroatoms. The molecule has 0 atom stereocenters. The molecule has 1 aromatic carbocycles. The van der Waals surface area contributed by atoms with E-state index in [1.54, 1.807) is 4.90 Å². The third-order valence-corrected chi connectivity index (χ3v) is 6.38. The lowest BCUT2D eigenvalue weighted by atomic mass is 10.1. The summed E-state index contributed by atoms with van der Waals surface area (Å²) in [7, 11) is 0. The highest BCUT2D eigenvalue weighted by atomic mass is 19.4. The van der Waals surface area contributed by atoms with Crippen molar-refractivity contribution in [2.24, 2.45) is 0 Å². The zero-order valence-electron chi connectivity index (χ0n) is 19.4. The number of para-hydroxylation sites is 1. The number of anilines is 5. The third kappa shape index (κ3) is 5.41. The molecular weight excluding hydrogens is 455 g/mol. The van der Waals surface area contributed by atoms with Crippen LogP contribution in [0.15, 0.2) is 54.7 Å². The van der Waals surface area contributed by atoms with Gasteiger partial charge in [-0.05, 0) is 43.5 Å². The SMILES string of the molecule is FC(F)(F)c1cccnc1N1CCN(c2nc(Nc3ccccc3)cc(N3CCCCC3)n2)CC1. The quantitative estimate of drug-likeness (QED) is 0.551. The lowest BCUT2D eigenvalue weighted by Crippen LogP contribution is -2.48. The highest BCUT2D eigenvalue weighted by Crippen LogP contribution is 2.35. The van der Waals surface area contributed by atoms with E-state index in [-0.39, 0.29) is 5.82 Å². The molecule has 2 saturated heterocycles. The average molecular weight is 484 g/mol. The lowest BCUT2D eigenvalue weighted by molar-refractivity contribution is -0.137. The molecule has 2 aliphatic heterocycles. The Morgan fingerprint density at radius 1 is 0.743 bits per heavy atom. The number of alkyl halides is 3. The van der Waals surface area contributed by atoms with Crippen LogP contribution in [0.25, 0.3) is 0 Å². The normalized spacial score (nSPS) is 16.9. The van der Waals surface area contributed by atoms with Gasteiger partial charge in [-0.3, -0.25) is 0 Å². The van der Waals surface area contributed by atoms with E-state index in [1.165, 1.54) is 18.7 Å². The minimum atomic E-state index is -4.44. The summed E-state index contributed by atoms with van der Waals surface area (Å²) in [6.07, 6.45) is 0.448. The molecule has 4 heterocycles. The largest absolute Gasteiger partial charge is 0.419 e. The first kappa shape index (κ1) is 23.2. The predicted octanol–water partition coefficient (Wildman–Crippen LogP) is 4.95. The number of hydrogen-bond donors (Lipinski definition) is 1. The Kier molecular flexibility index (Phi) is 6.61. The van der Waals surface area contributed by atoms with E-state index in [0.717, 1.165) is 43.5 Å². The zero-order chi connectivity index (χ0) is 24.3. The van der Waals surface area contributed by atoms with Crippen LogP contribution >= 0.6 is 0 Å². The Bertz CT molecular complexity index is 1130. The first-order valence-corrected chi connectivity index (χ1v) is 12.0. The number of hydrogen-bond acceptors (Lipinski definition) is 7. The number of rotatable bonds is 5. The van der Waals surface area contributed by atoms with Gasteiger partial charge in [0.1, 0.15) is 17.5 Å². The Morgan fingerprint density at radius 3 is 2.17 bits per heavy atom. The van der Waals surface area contributed by atoms with Crippen molar-refractivity contribution in [2.45, 2.75) is 25.4 Å². The summed E-state index contributed by atoms with van der Waals surface area (Å²) >= 11 is 0. The molecule has 0 saturated carbocycles. The maximum atomic E-state index is 13.5. The predicted molar refractivity (Wildman–Crippen MR) is 131 cm³/mol. The van der Waals surface area contributed by atoms with E-state index >= 15 is 0 Å². The van der Waals surface area contributed by atoms with E-state index in [0.29, 0.717) is 37.9 Å². The molecule has 0 aliphatic carbocycles. The molecule has 1 N–H and O–H groups in total. The van der Waals surface area contributed by atoms with E-state index in [1.807, 2.05) is 41.3 Å². The standard InChI is InChI=1S/C25H28F3N7/c26-25(27,28)20-10-7-11-29-23(20)34-14-16-35(17-15-34)24-31-21(30-19-8-3-1-4-9-19)18-22(32-24)33-12-5-2-6-13-33/h1,3-4,7-11,18H,2,5-6,12-17H2,(H,30,31,32). The fourth-order valence-electron chi connectivity index (χ4n) is 4.57. The maximum absolute atomic E-state index is 13.5. The minimum Gasteiger partial charge on any atom is -0.356 e. The molecule has 2 aromatic heterocycles. The van der Waals surface area contributed by atoms with Crippen molar-refractivity contribution < 1.29 is 13.2 Å². The molecule has 3 aromatic rings. The number of pyridine rings is 1. The summed E-state index contributed by atoms with van der Waals surface area (Å²) in [6.45, 7) is 3.71. The Labute approximate surface area is 202 Å². The van der Waals surface area contributed by atoms with Gasteiger partial charge in [-0.15, -0.1) is 0 Å². The third-order valence-electron chi connectivity index (χ3n) is 6.38. The van der Waals surface area contributed by atoms with Crippen molar-refractivity contribution in [3.63, 3.8) is 0 Å². The van der Waals surface area contributed by atoms with Crippen LogP contribution in [-0.4, -0.2) is 54.2 Å². The molecule has 0 bridgehead atoms. The van der Waals surface area contributed by atoms with Gasteiger partial charge >= 0.3 is 6.18 Å². The molecule has 0 radical (unpaired) electrons. The van der Waals surface area contributed by atoms with E-state index < -0.39 is 11.7 Å². The summed E-state index contributed by atoms with van der Waals surface area (Å²) in [5.74, 6) is 2.14. The lowest BCUT2D eigenvalue weighted by Gasteiger charge is -2.37. The second-order valence-electron chi connectivity index (χ2n) is 8.80. The summed E-state index contributed by atoms with van der Waals surface area (Å²) < 4.78 is 40.4. The van der Waals surface area contributed by atoms with Gasteiger partial charge in [-0.25, -0.2) is 4.98 Å². The van der Waals surface area contributed by atoms with Gasteiger partial charge in [0, 0.05) is 57.2 Å². The molecule has 5 rings (SSSR count). The van der Waals surface area contributed by atoms with Crippen LogP contribution in [0.4, 0.5) is 42.3 Å². The van der Waals surface area contributed by atoms with Gasteiger partial charge in [0.15, 0.2) is 0 Å². The van der Waals surface area contributed by atoms with Crippen LogP contribution in [0.2, 0.25) is 0 Å². The molecule has 35 heavy (non-hydrogen) atoms. The Morgan fingerprint density at radius 2 is 1.46 bits per heavy atom. The Hall–Kier alpha value is -3.56. The highest BCUT2D eigenvalue weighted by Gasteiger charge is 2.36. The molecule has 0 amide bonds. The van der Waals surface area contributed by atoms with Gasteiger partial charge in [0.05, 0.1) is 5.56 Å². The van der Waals surface area contributed by atoms with Crippen molar-refractivity contribution in [1.82, 2.24) is 15.0 Å². The number of halogens is 3. The summed E-state index contributed by atoms with van der Waals surface area (Å²) in [4.78, 5) is 19.7. The van der Waals surface area contributed by atoms with Crippen LogP contribution in [0.5, 0.6) is 0 Å². The number of nitrogens with one attached hydrogen (secondary N) is 1. The molecule has 2 aliphatic rings. The van der Waals surface area contributed by atoms with Gasteiger partial charge in [0.2, 0.25) is 5.95 Å². The van der Waals surface area contributed by atoms with E-state index in [4.69, 9.17) is 9.97 Å². The zero-order valence-corrected chi connectivity index (χ0v) is 19.4. The van der Waals surface area contributed by atoms with Crippen molar-refractivity contribution in [3.05, 3.63) is 60.3 Å². The van der Waals surface area contributed by atoms with Crippen LogP contribution in [0, 0.1) is 0 Å². The molecule has 0 unspecified atom stereocenters. The first-order valence-electron chi connectivity index (χ1n) is 12.0. The molecule has 7 nitrogen and oxygen atoms in total. The van der Waals surface area contributed by atoms with E-state index in [2.05, 4.69) is 15.2 Å². The number of nitrogens with zero attached hydrogens (tertiary/aromatic N) is 6. The first-order chi connectivity index (χ1) is 17.0. The number of piperazine rings is 1. The topological polar surface area (TPSA) is 60.4 Å². The number of aromatic nitrogens is 3. The van der Waals surface area contributed by atoms with Crippen LogP contribution in [0.3, 0.4) is 0 Å². The van der Waals surface area contributed by atoms with Crippen molar-refractivity contribution >= 4 is 29.1 Å². The molecule has 0 spiro atoms. The van der Waals surface area contributed by atoms with Crippen molar-refractivity contribution in [1.29, 1.82) is 0 Å². The summed E-state index contributed by atoms with van der Waals surface area (Å²) in [5.41, 5.74) is 0.229. The second kappa shape index (κ2) is 9.97. The number of piperidine rings is 1.